The first-order valence-electron chi connectivity index (χ1n) is 5.33. The molecule has 1 N–H and O–H groups in total. The van der Waals surface area contributed by atoms with Crippen LogP contribution in [0.3, 0.4) is 0 Å². The van der Waals surface area contributed by atoms with Gasteiger partial charge in [0, 0.05) is 37.8 Å². The summed E-state index contributed by atoms with van der Waals surface area (Å²) in [4.78, 5) is 0. The highest BCUT2D eigenvalue weighted by atomic mass is 35.5. The van der Waals surface area contributed by atoms with Gasteiger partial charge >= 0.3 is 0 Å². The van der Waals surface area contributed by atoms with Crippen molar-refractivity contribution < 1.29 is 5.11 Å². The fraction of sp³-hybridized carbons (Fsp3) is 0.455. The summed E-state index contributed by atoms with van der Waals surface area (Å²) in [5, 5.41) is 18.9. The molecule has 0 spiro atoms. The maximum Gasteiger partial charge on any atom is 0.130 e. The Bertz CT molecular complexity index is 532. The molecule has 6 heteroatoms. The van der Waals surface area contributed by atoms with E-state index in [2.05, 4.69) is 10.2 Å². The van der Waals surface area contributed by atoms with Gasteiger partial charge < -0.3 is 5.11 Å². The summed E-state index contributed by atoms with van der Waals surface area (Å²) in [5.74, 6) is 0. The number of aryl methyl sites for hydroxylation is 3. The van der Waals surface area contributed by atoms with Crippen molar-refractivity contribution >= 4 is 11.6 Å². The lowest BCUT2D eigenvalue weighted by Crippen LogP contribution is -2.02. The Hall–Kier alpha value is -1.33. The molecule has 0 bridgehead atoms. The van der Waals surface area contributed by atoms with E-state index in [1.54, 1.807) is 28.8 Å². The van der Waals surface area contributed by atoms with Crippen LogP contribution in [-0.4, -0.2) is 24.7 Å². The monoisotopic (exact) mass is 254 g/mol. The third-order valence-corrected chi connectivity index (χ3v) is 3.25. The van der Waals surface area contributed by atoms with E-state index in [1.807, 2.05) is 14.0 Å². The molecular formula is C11H15ClN4O. The first-order valence-corrected chi connectivity index (χ1v) is 5.71. The molecule has 17 heavy (non-hydrogen) atoms. The van der Waals surface area contributed by atoms with Crippen LogP contribution in [-0.2, 0) is 20.5 Å². The topological polar surface area (TPSA) is 55.9 Å². The van der Waals surface area contributed by atoms with Crippen LogP contribution in [0.2, 0.25) is 5.15 Å². The smallest absolute Gasteiger partial charge is 0.130 e. The quantitative estimate of drug-likeness (QED) is 0.901. The fourth-order valence-corrected chi connectivity index (χ4v) is 2.08. The second kappa shape index (κ2) is 4.50. The Morgan fingerprint density at radius 3 is 2.65 bits per heavy atom. The van der Waals surface area contributed by atoms with Crippen LogP contribution in [0.15, 0.2) is 12.4 Å². The lowest BCUT2D eigenvalue weighted by molar-refractivity contribution is 0.178. The maximum absolute atomic E-state index is 10.1. The molecule has 0 aliphatic carbocycles. The van der Waals surface area contributed by atoms with Gasteiger partial charge in [0.2, 0.25) is 0 Å². The van der Waals surface area contributed by atoms with Crippen molar-refractivity contribution in [2.24, 2.45) is 14.1 Å². The van der Waals surface area contributed by atoms with E-state index in [1.165, 1.54) is 0 Å². The summed E-state index contributed by atoms with van der Waals surface area (Å²) < 4.78 is 3.28. The minimum Gasteiger partial charge on any atom is -0.388 e. The van der Waals surface area contributed by atoms with Crippen molar-refractivity contribution in [3.05, 3.63) is 34.4 Å². The molecule has 0 saturated carbocycles. The molecule has 2 aromatic heterocycles. The van der Waals surface area contributed by atoms with Crippen molar-refractivity contribution in [2.45, 2.75) is 19.4 Å². The Morgan fingerprint density at radius 1 is 1.47 bits per heavy atom. The molecule has 2 aromatic rings. The van der Waals surface area contributed by atoms with Crippen molar-refractivity contribution in [1.29, 1.82) is 0 Å². The van der Waals surface area contributed by atoms with Gasteiger partial charge in [-0.05, 0) is 6.92 Å². The van der Waals surface area contributed by atoms with E-state index < -0.39 is 6.10 Å². The van der Waals surface area contributed by atoms with Gasteiger partial charge in [0.25, 0.3) is 0 Å². The summed E-state index contributed by atoms with van der Waals surface area (Å²) in [6, 6.07) is 0. The zero-order valence-corrected chi connectivity index (χ0v) is 10.8. The van der Waals surface area contributed by atoms with Crippen LogP contribution in [0.5, 0.6) is 0 Å². The first kappa shape index (κ1) is 12.1. The van der Waals surface area contributed by atoms with E-state index >= 15 is 0 Å². The number of halogens is 1. The van der Waals surface area contributed by atoms with Gasteiger partial charge in [-0.15, -0.1) is 0 Å². The van der Waals surface area contributed by atoms with Crippen LogP contribution in [0.4, 0.5) is 0 Å². The average molecular weight is 255 g/mol. The number of rotatable bonds is 3. The van der Waals surface area contributed by atoms with E-state index in [9.17, 15) is 5.11 Å². The van der Waals surface area contributed by atoms with Crippen LogP contribution >= 0.6 is 11.6 Å². The second-order valence-corrected chi connectivity index (χ2v) is 4.50. The molecule has 1 unspecified atom stereocenters. The number of nitrogens with zero attached hydrogens (tertiary/aromatic N) is 4. The van der Waals surface area contributed by atoms with Crippen LogP contribution in [0, 0.1) is 6.92 Å². The summed E-state index contributed by atoms with van der Waals surface area (Å²) in [5.41, 5.74) is 2.51. The standard InChI is InChI=1S/C11H15ClN4O/c1-7-9(11(12)16(3)14-7)4-10(17)8-5-13-15(2)6-8/h5-6,10,17H,4H2,1-3H3. The predicted molar refractivity (Wildman–Crippen MR) is 64.8 cm³/mol. The average Bonchev–Trinajstić information content (AvgIpc) is 2.79. The molecule has 0 fully saturated rings. The highest BCUT2D eigenvalue weighted by Crippen LogP contribution is 2.25. The lowest BCUT2D eigenvalue weighted by Gasteiger charge is -2.07. The number of aliphatic hydroxyl groups excluding tert-OH is 1. The zero-order chi connectivity index (χ0) is 12.6. The first-order chi connectivity index (χ1) is 7.99. The molecule has 0 aromatic carbocycles. The van der Waals surface area contributed by atoms with E-state index in [0.717, 1.165) is 16.8 Å². The molecule has 0 aliphatic rings. The van der Waals surface area contributed by atoms with Crippen LogP contribution < -0.4 is 0 Å². The third kappa shape index (κ3) is 2.35. The van der Waals surface area contributed by atoms with Crippen LogP contribution in [0.25, 0.3) is 0 Å². The number of hydrogen-bond donors (Lipinski definition) is 1. The summed E-state index contributed by atoms with van der Waals surface area (Å²) >= 11 is 6.12. The molecular weight excluding hydrogens is 240 g/mol. The molecule has 0 aliphatic heterocycles. The SMILES string of the molecule is Cc1nn(C)c(Cl)c1CC(O)c1cnn(C)c1. The Labute approximate surface area is 105 Å². The summed E-state index contributed by atoms with van der Waals surface area (Å²) in [6.45, 7) is 1.89. The van der Waals surface area contributed by atoms with Gasteiger partial charge in [-0.25, -0.2) is 0 Å². The highest BCUT2D eigenvalue weighted by Gasteiger charge is 2.17. The Morgan fingerprint density at radius 2 is 2.18 bits per heavy atom. The van der Waals surface area contributed by atoms with Crippen molar-refractivity contribution in [3.63, 3.8) is 0 Å². The molecule has 2 rings (SSSR count). The van der Waals surface area contributed by atoms with E-state index in [-0.39, 0.29) is 0 Å². The Balaban J connectivity index is 2.21. The molecule has 2 heterocycles. The number of aromatic nitrogens is 4. The van der Waals surface area contributed by atoms with Crippen LogP contribution in [0.1, 0.15) is 22.9 Å². The lowest BCUT2D eigenvalue weighted by atomic mass is 10.1. The molecule has 0 saturated heterocycles. The minimum absolute atomic E-state index is 0.449. The Kier molecular flexibility index (Phi) is 3.22. The molecule has 5 nitrogen and oxygen atoms in total. The summed E-state index contributed by atoms with van der Waals surface area (Å²) in [6.07, 6.45) is 3.29. The second-order valence-electron chi connectivity index (χ2n) is 4.15. The molecule has 0 amide bonds. The van der Waals surface area contributed by atoms with Crippen molar-refractivity contribution in [2.75, 3.05) is 0 Å². The van der Waals surface area contributed by atoms with Crippen molar-refractivity contribution in [1.82, 2.24) is 19.6 Å². The van der Waals surface area contributed by atoms with Gasteiger partial charge in [-0.2, -0.15) is 10.2 Å². The molecule has 92 valence electrons. The van der Waals surface area contributed by atoms with Gasteiger partial charge in [0.1, 0.15) is 5.15 Å². The van der Waals surface area contributed by atoms with Gasteiger partial charge in [0.05, 0.1) is 18.0 Å². The highest BCUT2D eigenvalue weighted by molar-refractivity contribution is 6.30. The van der Waals surface area contributed by atoms with E-state index in [0.29, 0.717) is 11.6 Å². The zero-order valence-electron chi connectivity index (χ0n) is 10.1. The third-order valence-electron chi connectivity index (χ3n) is 2.78. The minimum atomic E-state index is -0.607. The van der Waals surface area contributed by atoms with Gasteiger partial charge in [-0.1, -0.05) is 11.6 Å². The van der Waals surface area contributed by atoms with E-state index in [4.69, 9.17) is 11.6 Å². The van der Waals surface area contributed by atoms with Crippen molar-refractivity contribution in [3.8, 4) is 0 Å². The summed E-state index contributed by atoms with van der Waals surface area (Å²) in [7, 11) is 3.60. The number of hydrogen-bond acceptors (Lipinski definition) is 3. The van der Waals surface area contributed by atoms with Gasteiger partial charge in [-0.3, -0.25) is 9.36 Å². The molecule has 1 atom stereocenters. The largest absolute Gasteiger partial charge is 0.388 e. The fourth-order valence-electron chi connectivity index (χ4n) is 1.83. The normalized spacial score (nSPS) is 13.0. The molecule has 0 radical (unpaired) electrons. The number of aliphatic hydroxyl groups is 1. The maximum atomic E-state index is 10.1. The van der Waals surface area contributed by atoms with Gasteiger partial charge in [0.15, 0.2) is 0 Å². The predicted octanol–water partition coefficient (Wildman–Crippen LogP) is 1.39.